The second-order valence-electron chi connectivity index (χ2n) is 7.87. The monoisotopic (exact) mass is 442 g/mol. The highest BCUT2D eigenvalue weighted by Crippen LogP contribution is 2.25. The Hall–Kier alpha value is -3.15. The van der Waals surface area contributed by atoms with Gasteiger partial charge >= 0.3 is 0 Å². The highest BCUT2D eigenvalue weighted by Gasteiger charge is 2.23. The molecule has 4 aromatic rings. The van der Waals surface area contributed by atoms with Crippen LogP contribution in [0.2, 0.25) is 0 Å². The summed E-state index contributed by atoms with van der Waals surface area (Å²) < 4.78 is 28.5. The normalized spacial score (nSPS) is 16.2. The van der Waals surface area contributed by atoms with E-state index in [1.807, 2.05) is 0 Å². The van der Waals surface area contributed by atoms with E-state index in [1.165, 1.54) is 17.0 Å². The zero-order chi connectivity index (χ0) is 22.2. The molecule has 1 unspecified atom stereocenters. The number of aliphatic hydroxyl groups is 1. The first-order chi connectivity index (χ1) is 15.6. The second-order valence-corrected chi connectivity index (χ2v) is 7.87. The third-order valence-electron chi connectivity index (χ3n) is 5.80. The SMILES string of the molecule is CC(CO)c1nc(-c2ncn3c2c(=O)n(CCN2CCOCC2)c2c(F)cccc23)no1. The van der Waals surface area contributed by atoms with E-state index in [0.717, 1.165) is 13.1 Å². The lowest BCUT2D eigenvalue weighted by molar-refractivity contribution is 0.0364. The zero-order valence-electron chi connectivity index (χ0n) is 17.6. The van der Waals surface area contributed by atoms with E-state index in [1.54, 1.807) is 23.5 Å². The maximum Gasteiger partial charge on any atom is 0.277 e. The van der Waals surface area contributed by atoms with Gasteiger partial charge in [0, 0.05) is 26.2 Å². The topological polar surface area (TPSA) is 111 Å². The van der Waals surface area contributed by atoms with Crippen molar-refractivity contribution in [1.82, 2.24) is 29.0 Å². The van der Waals surface area contributed by atoms with E-state index < -0.39 is 5.82 Å². The van der Waals surface area contributed by atoms with E-state index in [2.05, 4.69) is 20.0 Å². The van der Waals surface area contributed by atoms with Crippen molar-refractivity contribution in [2.45, 2.75) is 19.4 Å². The molecule has 0 radical (unpaired) electrons. The molecule has 1 saturated heterocycles. The van der Waals surface area contributed by atoms with Gasteiger partial charge in [0.15, 0.2) is 0 Å². The van der Waals surface area contributed by atoms with Crippen LogP contribution in [0.4, 0.5) is 4.39 Å². The van der Waals surface area contributed by atoms with Gasteiger partial charge < -0.3 is 18.9 Å². The standard InChI is InChI=1S/C21H23FN6O4/c1-13(11-29)20-24-19(25-32-20)16-18-21(30)27(6-5-26-7-9-31-10-8-26)17-14(22)3-2-4-15(17)28(18)12-23-16/h2-4,12-13,29H,5-11H2,1H3. The van der Waals surface area contributed by atoms with Gasteiger partial charge in [-0.2, -0.15) is 4.98 Å². The van der Waals surface area contributed by atoms with Gasteiger partial charge in [0.25, 0.3) is 5.56 Å². The molecule has 1 aromatic carbocycles. The number of hydrogen-bond acceptors (Lipinski definition) is 8. The van der Waals surface area contributed by atoms with Crippen molar-refractivity contribution >= 4 is 16.6 Å². The number of aliphatic hydroxyl groups excluding tert-OH is 1. The van der Waals surface area contributed by atoms with E-state index in [0.29, 0.717) is 31.8 Å². The predicted molar refractivity (Wildman–Crippen MR) is 113 cm³/mol. The van der Waals surface area contributed by atoms with Crippen LogP contribution >= 0.6 is 0 Å². The number of imidazole rings is 1. The fraction of sp³-hybridized carbons (Fsp3) is 0.429. The van der Waals surface area contributed by atoms with Crippen molar-refractivity contribution in [3.8, 4) is 11.5 Å². The first kappa shape index (κ1) is 20.7. The van der Waals surface area contributed by atoms with Crippen molar-refractivity contribution in [2.75, 3.05) is 39.5 Å². The average Bonchev–Trinajstić information content (AvgIpc) is 3.47. The molecular formula is C21H23FN6O4. The Kier molecular flexibility index (Phi) is 5.45. The summed E-state index contributed by atoms with van der Waals surface area (Å²) in [5.41, 5.74) is 0.859. The Balaban J connectivity index is 1.66. The van der Waals surface area contributed by atoms with Crippen LogP contribution in [0.25, 0.3) is 28.1 Å². The fourth-order valence-electron chi connectivity index (χ4n) is 3.98. The average molecular weight is 442 g/mol. The number of hydrogen-bond donors (Lipinski definition) is 1. The molecule has 10 nitrogen and oxygen atoms in total. The quantitative estimate of drug-likeness (QED) is 0.475. The summed E-state index contributed by atoms with van der Waals surface area (Å²) in [7, 11) is 0. The van der Waals surface area contributed by atoms with Crippen LogP contribution in [0, 0.1) is 5.82 Å². The van der Waals surface area contributed by atoms with Gasteiger partial charge in [0.1, 0.15) is 28.9 Å². The first-order valence-corrected chi connectivity index (χ1v) is 10.5. The Morgan fingerprint density at radius 2 is 2.03 bits per heavy atom. The predicted octanol–water partition coefficient (Wildman–Crippen LogP) is 1.27. The van der Waals surface area contributed by atoms with Crippen LogP contribution in [0.15, 0.2) is 33.8 Å². The lowest BCUT2D eigenvalue weighted by atomic mass is 10.2. The summed E-state index contributed by atoms with van der Waals surface area (Å²) in [4.78, 5) is 24.4. The number of ether oxygens (including phenoxy) is 1. The molecule has 1 fully saturated rings. The number of halogens is 1. The molecule has 11 heteroatoms. The number of aromatic nitrogens is 5. The summed E-state index contributed by atoms with van der Waals surface area (Å²) in [6.07, 6.45) is 1.46. The molecule has 0 aliphatic carbocycles. The van der Waals surface area contributed by atoms with Gasteiger partial charge in [-0.15, -0.1) is 0 Å². The summed E-state index contributed by atoms with van der Waals surface area (Å²) >= 11 is 0. The van der Waals surface area contributed by atoms with Crippen molar-refractivity contribution in [3.05, 3.63) is 46.6 Å². The van der Waals surface area contributed by atoms with Gasteiger partial charge in [-0.3, -0.25) is 14.1 Å². The minimum absolute atomic E-state index is 0.149. The van der Waals surface area contributed by atoms with Gasteiger partial charge in [-0.25, -0.2) is 9.37 Å². The number of benzene rings is 1. The third-order valence-corrected chi connectivity index (χ3v) is 5.80. The lowest BCUT2D eigenvalue weighted by Gasteiger charge is -2.27. The van der Waals surface area contributed by atoms with E-state index in [4.69, 9.17) is 9.26 Å². The number of nitrogens with zero attached hydrogens (tertiary/aromatic N) is 6. The largest absolute Gasteiger partial charge is 0.396 e. The van der Waals surface area contributed by atoms with Crippen molar-refractivity contribution in [2.24, 2.45) is 0 Å². The molecule has 0 amide bonds. The van der Waals surface area contributed by atoms with Crippen LogP contribution in [-0.4, -0.2) is 73.6 Å². The second kappa shape index (κ2) is 8.41. The molecule has 5 rings (SSSR count). The summed E-state index contributed by atoms with van der Waals surface area (Å²) in [5, 5.41) is 13.3. The van der Waals surface area contributed by atoms with E-state index >= 15 is 0 Å². The zero-order valence-corrected chi connectivity index (χ0v) is 17.6. The highest BCUT2D eigenvalue weighted by atomic mass is 19.1. The Morgan fingerprint density at radius 3 is 2.81 bits per heavy atom. The molecule has 0 spiro atoms. The number of morpholine rings is 1. The van der Waals surface area contributed by atoms with Gasteiger partial charge in [0.2, 0.25) is 11.7 Å². The highest BCUT2D eigenvalue weighted by molar-refractivity contribution is 5.84. The summed E-state index contributed by atoms with van der Waals surface area (Å²) in [6.45, 7) is 5.32. The minimum Gasteiger partial charge on any atom is -0.396 e. The Bertz CT molecular complexity index is 1320. The Morgan fingerprint density at radius 1 is 1.22 bits per heavy atom. The maximum atomic E-state index is 14.9. The molecule has 3 aromatic heterocycles. The molecule has 1 N–H and O–H groups in total. The van der Waals surface area contributed by atoms with E-state index in [-0.39, 0.29) is 46.5 Å². The van der Waals surface area contributed by atoms with Gasteiger partial charge in [0.05, 0.1) is 31.3 Å². The van der Waals surface area contributed by atoms with Crippen LogP contribution in [0.5, 0.6) is 0 Å². The number of para-hydroxylation sites is 1. The van der Waals surface area contributed by atoms with Crippen molar-refractivity contribution < 1.29 is 18.8 Å². The van der Waals surface area contributed by atoms with Gasteiger partial charge in [-0.1, -0.05) is 18.1 Å². The van der Waals surface area contributed by atoms with Gasteiger partial charge in [-0.05, 0) is 12.1 Å². The lowest BCUT2D eigenvalue weighted by Crippen LogP contribution is -2.39. The number of fused-ring (bicyclic) bond motifs is 3. The molecule has 1 atom stereocenters. The maximum absolute atomic E-state index is 14.9. The van der Waals surface area contributed by atoms with Crippen molar-refractivity contribution in [1.29, 1.82) is 0 Å². The molecule has 0 bridgehead atoms. The van der Waals surface area contributed by atoms with Crippen LogP contribution in [-0.2, 0) is 11.3 Å². The minimum atomic E-state index is -0.475. The molecule has 0 saturated carbocycles. The molecule has 4 heterocycles. The number of rotatable bonds is 6. The smallest absolute Gasteiger partial charge is 0.277 e. The van der Waals surface area contributed by atoms with E-state index in [9.17, 15) is 14.3 Å². The fourth-order valence-corrected chi connectivity index (χ4v) is 3.98. The molecule has 32 heavy (non-hydrogen) atoms. The molecular weight excluding hydrogens is 419 g/mol. The first-order valence-electron chi connectivity index (χ1n) is 10.5. The Labute approximate surface area is 181 Å². The van der Waals surface area contributed by atoms with Crippen LogP contribution < -0.4 is 5.56 Å². The summed E-state index contributed by atoms with van der Waals surface area (Å²) in [5.74, 6) is -0.416. The van der Waals surface area contributed by atoms with Crippen LogP contribution in [0.1, 0.15) is 18.7 Å². The summed E-state index contributed by atoms with van der Waals surface area (Å²) in [6, 6.07) is 4.69. The third kappa shape index (κ3) is 3.48. The molecule has 1 aliphatic rings. The van der Waals surface area contributed by atoms with Crippen LogP contribution in [0.3, 0.4) is 0 Å². The molecule has 168 valence electrons. The van der Waals surface area contributed by atoms with Crippen molar-refractivity contribution in [3.63, 3.8) is 0 Å². The molecule has 1 aliphatic heterocycles.